The van der Waals surface area contributed by atoms with Gasteiger partial charge in [-0.2, -0.15) is 0 Å². The SMILES string of the molecule is CCOCC(C)NS(=O)(=O)c1ccc(CNC2CC2)o1. The number of hydrogen-bond donors (Lipinski definition) is 2. The summed E-state index contributed by atoms with van der Waals surface area (Å²) in [5, 5.41) is 3.23. The van der Waals surface area contributed by atoms with Gasteiger partial charge in [0.2, 0.25) is 5.09 Å². The van der Waals surface area contributed by atoms with Crippen LogP contribution < -0.4 is 10.0 Å². The van der Waals surface area contributed by atoms with Crippen LogP contribution in [0.1, 0.15) is 32.4 Å². The summed E-state index contributed by atoms with van der Waals surface area (Å²) in [6.07, 6.45) is 2.37. The first-order valence-corrected chi connectivity index (χ1v) is 8.41. The molecule has 20 heavy (non-hydrogen) atoms. The van der Waals surface area contributed by atoms with Crippen molar-refractivity contribution in [3.05, 3.63) is 17.9 Å². The monoisotopic (exact) mass is 302 g/mol. The highest BCUT2D eigenvalue weighted by atomic mass is 32.2. The van der Waals surface area contributed by atoms with Crippen molar-refractivity contribution in [1.29, 1.82) is 0 Å². The van der Waals surface area contributed by atoms with Gasteiger partial charge in [0.05, 0.1) is 13.2 Å². The average molecular weight is 302 g/mol. The summed E-state index contributed by atoms with van der Waals surface area (Å²) in [6, 6.07) is 3.44. The molecular weight excluding hydrogens is 280 g/mol. The van der Waals surface area contributed by atoms with Gasteiger partial charge in [0.15, 0.2) is 0 Å². The molecule has 1 aliphatic rings. The second-order valence-electron chi connectivity index (χ2n) is 5.06. The van der Waals surface area contributed by atoms with Crippen molar-refractivity contribution in [3.8, 4) is 0 Å². The van der Waals surface area contributed by atoms with Gasteiger partial charge in [-0.3, -0.25) is 0 Å². The van der Waals surface area contributed by atoms with Crippen molar-refractivity contribution in [2.24, 2.45) is 0 Å². The van der Waals surface area contributed by atoms with E-state index in [1.165, 1.54) is 18.9 Å². The fourth-order valence-electron chi connectivity index (χ4n) is 1.78. The molecule has 7 heteroatoms. The molecule has 0 saturated heterocycles. The second kappa shape index (κ2) is 6.71. The van der Waals surface area contributed by atoms with Gasteiger partial charge in [0.25, 0.3) is 10.0 Å². The van der Waals surface area contributed by atoms with Gasteiger partial charge in [0, 0.05) is 18.7 Å². The van der Waals surface area contributed by atoms with E-state index < -0.39 is 10.0 Å². The third kappa shape index (κ3) is 4.59. The van der Waals surface area contributed by atoms with Crippen LogP contribution in [0.4, 0.5) is 0 Å². The maximum Gasteiger partial charge on any atom is 0.274 e. The van der Waals surface area contributed by atoms with Crippen LogP contribution in [-0.4, -0.2) is 33.7 Å². The van der Waals surface area contributed by atoms with Crippen LogP contribution in [0.5, 0.6) is 0 Å². The van der Waals surface area contributed by atoms with Gasteiger partial charge in [-0.05, 0) is 38.8 Å². The van der Waals surface area contributed by atoms with Crippen molar-refractivity contribution in [2.45, 2.75) is 50.4 Å². The van der Waals surface area contributed by atoms with Gasteiger partial charge in [0.1, 0.15) is 5.76 Å². The first-order chi connectivity index (χ1) is 9.51. The summed E-state index contributed by atoms with van der Waals surface area (Å²) in [5.74, 6) is 0.634. The van der Waals surface area contributed by atoms with E-state index in [9.17, 15) is 8.42 Å². The van der Waals surface area contributed by atoms with Crippen LogP contribution in [0.25, 0.3) is 0 Å². The molecule has 0 amide bonds. The van der Waals surface area contributed by atoms with E-state index in [0.29, 0.717) is 31.6 Å². The zero-order valence-electron chi connectivity index (χ0n) is 11.9. The molecule has 1 unspecified atom stereocenters. The van der Waals surface area contributed by atoms with Crippen molar-refractivity contribution >= 4 is 10.0 Å². The number of nitrogens with one attached hydrogen (secondary N) is 2. The first kappa shape index (κ1) is 15.5. The molecule has 1 aromatic heterocycles. The number of sulfonamides is 1. The molecule has 1 aliphatic carbocycles. The van der Waals surface area contributed by atoms with Crippen molar-refractivity contribution in [1.82, 2.24) is 10.0 Å². The molecule has 1 aromatic rings. The summed E-state index contributed by atoms with van der Waals surface area (Å²) in [4.78, 5) is 0. The van der Waals surface area contributed by atoms with Crippen LogP contribution in [0.3, 0.4) is 0 Å². The van der Waals surface area contributed by atoms with Crippen LogP contribution in [0, 0.1) is 0 Å². The third-order valence-electron chi connectivity index (χ3n) is 2.97. The predicted molar refractivity (Wildman–Crippen MR) is 74.8 cm³/mol. The van der Waals surface area contributed by atoms with Crippen molar-refractivity contribution < 1.29 is 17.6 Å². The molecule has 0 spiro atoms. The summed E-state index contributed by atoms with van der Waals surface area (Å²) in [6.45, 7) is 5.09. The average Bonchev–Trinajstić information content (AvgIpc) is 3.09. The highest BCUT2D eigenvalue weighted by Gasteiger charge is 2.23. The quantitative estimate of drug-likeness (QED) is 0.717. The van der Waals surface area contributed by atoms with E-state index in [4.69, 9.17) is 9.15 Å². The minimum absolute atomic E-state index is 0.0477. The van der Waals surface area contributed by atoms with E-state index in [-0.39, 0.29) is 11.1 Å². The lowest BCUT2D eigenvalue weighted by molar-refractivity contribution is 0.133. The Balaban J connectivity index is 1.90. The maximum atomic E-state index is 12.1. The fourth-order valence-corrected chi connectivity index (χ4v) is 2.96. The minimum atomic E-state index is -3.62. The van der Waals surface area contributed by atoms with Gasteiger partial charge < -0.3 is 14.5 Å². The van der Waals surface area contributed by atoms with Gasteiger partial charge in [-0.1, -0.05) is 0 Å². The molecule has 1 atom stereocenters. The highest BCUT2D eigenvalue weighted by Crippen LogP contribution is 2.20. The zero-order chi connectivity index (χ0) is 14.6. The Morgan fingerprint density at radius 1 is 1.45 bits per heavy atom. The lowest BCUT2D eigenvalue weighted by Gasteiger charge is -2.12. The Morgan fingerprint density at radius 3 is 2.85 bits per heavy atom. The van der Waals surface area contributed by atoms with E-state index in [0.717, 1.165) is 0 Å². The lowest BCUT2D eigenvalue weighted by atomic mass is 10.4. The Bertz CT molecular complexity index is 522. The van der Waals surface area contributed by atoms with Gasteiger partial charge in [-0.15, -0.1) is 0 Å². The van der Waals surface area contributed by atoms with Crippen molar-refractivity contribution in [3.63, 3.8) is 0 Å². The fraction of sp³-hybridized carbons (Fsp3) is 0.692. The van der Waals surface area contributed by atoms with Crippen molar-refractivity contribution in [2.75, 3.05) is 13.2 Å². The lowest BCUT2D eigenvalue weighted by Crippen LogP contribution is -2.35. The van der Waals surface area contributed by atoms with Gasteiger partial charge >= 0.3 is 0 Å². The summed E-state index contributed by atoms with van der Waals surface area (Å²) < 4.78 is 37.3. The number of ether oxygens (including phenoxy) is 1. The summed E-state index contributed by atoms with van der Waals surface area (Å²) in [5.41, 5.74) is 0. The molecular formula is C13H22N2O4S. The molecule has 1 fully saturated rings. The molecule has 0 radical (unpaired) electrons. The summed E-state index contributed by atoms with van der Waals surface area (Å²) in [7, 11) is -3.62. The maximum absolute atomic E-state index is 12.1. The zero-order valence-corrected chi connectivity index (χ0v) is 12.7. The Kier molecular flexibility index (Phi) is 5.20. The van der Waals surface area contributed by atoms with E-state index >= 15 is 0 Å². The molecule has 6 nitrogen and oxygen atoms in total. The smallest absolute Gasteiger partial charge is 0.274 e. The molecule has 0 aromatic carbocycles. The topological polar surface area (TPSA) is 80.6 Å². The summed E-state index contributed by atoms with van der Waals surface area (Å²) >= 11 is 0. The molecule has 0 aliphatic heterocycles. The second-order valence-corrected chi connectivity index (χ2v) is 6.70. The van der Waals surface area contributed by atoms with Crippen LogP contribution in [0.15, 0.2) is 21.6 Å². The molecule has 0 bridgehead atoms. The third-order valence-corrected chi connectivity index (χ3v) is 4.43. The number of furan rings is 1. The van der Waals surface area contributed by atoms with E-state index in [2.05, 4.69) is 10.0 Å². The van der Waals surface area contributed by atoms with E-state index in [1.54, 1.807) is 13.0 Å². The van der Waals surface area contributed by atoms with Gasteiger partial charge in [-0.25, -0.2) is 13.1 Å². The molecule has 1 saturated carbocycles. The number of rotatable bonds is 9. The largest absolute Gasteiger partial charge is 0.447 e. The molecule has 2 N–H and O–H groups in total. The van der Waals surface area contributed by atoms with Crippen LogP contribution >= 0.6 is 0 Å². The Hall–Kier alpha value is -0.890. The van der Waals surface area contributed by atoms with E-state index in [1.807, 2.05) is 6.92 Å². The minimum Gasteiger partial charge on any atom is -0.447 e. The standard InChI is InChI=1S/C13H22N2O4S/c1-3-18-9-10(2)15-20(16,17)13-7-6-12(19-13)8-14-11-4-5-11/h6-7,10-11,14-15H,3-5,8-9H2,1-2H3. The normalized spacial score (nSPS) is 17.3. The highest BCUT2D eigenvalue weighted by molar-refractivity contribution is 7.89. The molecule has 114 valence electrons. The Morgan fingerprint density at radius 2 is 2.20 bits per heavy atom. The number of hydrogen-bond acceptors (Lipinski definition) is 5. The predicted octanol–water partition coefficient (Wildman–Crippen LogP) is 1.23. The molecule has 1 heterocycles. The van der Waals surface area contributed by atoms with Crippen LogP contribution in [0.2, 0.25) is 0 Å². The molecule has 2 rings (SSSR count). The Labute approximate surface area is 119 Å². The van der Waals surface area contributed by atoms with Crippen LogP contribution in [-0.2, 0) is 21.3 Å². The first-order valence-electron chi connectivity index (χ1n) is 6.93.